The number of nitrogens with one attached hydrogen (secondary N) is 1. The minimum Gasteiger partial charge on any atom is -0.350 e. The smallest absolute Gasteiger partial charge is 0.239 e. The van der Waals surface area contributed by atoms with Crippen LogP contribution in [0, 0.1) is 5.82 Å². The number of likely N-dealkylation sites (N-methyl/N-ethyl adjacent to an activating group) is 1. The summed E-state index contributed by atoms with van der Waals surface area (Å²) in [6.07, 6.45) is 0.0317. The molecule has 0 aliphatic rings. The molecule has 0 spiro atoms. The Labute approximate surface area is 163 Å². The molecule has 2 aromatic rings. The standard InChI is InChI=1S/C19H22FN3O4S/c1-2-23(13-18(24)22-12-15-3-7-16(20)8-4-15)19(25)11-14-5-9-17(10-6-14)28(21,26)27/h3-10H,2,11-13H2,1H3,(H,22,24)(H2,21,26,27). The molecule has 28 heavy (non-hydrogen) atoms. The van der Waals surface area contributed by atoms with Crippen LogP contribution < -0.4 is 10.5 Å². The Bertz CT molecular complexity index is 929. The molecule has 0 aliphatic carbocycles. The molecule has 0 aliphatic heterocycles. The molecule has 0 radical (unpaired) electrons. The number of hydrogen-bond donors (Lipinski definition) is 2. The molecule has 7 nitrogen and oxygen atoms in total. The molecule has 0 saturated carbocycles. The third kappa shape index (κ3) is 6.43. The summed E-state index contributed by atoms with van der Waals surface area (Å²) in [5.74, 6) is -0.943. The van der Waals surface area contributed by atoms with E-state index in [1.807, 2.05) is 0 Å². The van der Waals surface area contributed by atoms with E-state index in [0.717, 1.165) is 5.56 Å². The molecule has 3 N–H and O–H groups in total. The van der Waals surface area contributed by atoms with E-state index in [-0.39, 0.29) is 42.0 Å². The van der Waals surface area contributed by atoms with Crippen LogP contribution in [0.3, 0.4) is 0 Å². The Hall–Kier alpha value is -2.78. The Kier molecular flexibility index (Phi) is 7.24. The normalized spacial score (nSPS) is 11.1. The maximum Gasteiger partial charge on any atom is 0.239 e. The molecular formula is C19H22FN3O4S. The summed E-state index contributed by atoms with van der Waals surface area (Å²) in [6, 6.07) is 11.5. The second-order valence-corrected chi connectivity index (χ2v) is 7.74. The lowest BCUT2D eigenvalue weighted by molar-refractivity contribution is -0.135. The number of carbonyl (C=O) groups excluding carboxylic acids is 2. The largest absolute Gasteiger partial charge is 0.350 e. The van der Waals surface area contributed by atoms with E-state index in [9.17, 15) is 22.4 Å². The van der Waals surface area contributed by atoms with Gasteiger partial charge < -0.3 is 10.2 Å². The topological polar surface area (TPSA) is 110 Å². The van der Waals surface area contributed by atoms with E-state index in [1.165, 1.54) is 41.3 Å². The number of rotatable bonds is 8. The number of primary sulfonamides is 1. The van der Waals surface area contributed by atoms with Gasteiger partial charge in [-0.15, -0.1) is 0 Å². The molecule has 2 amide bonds. The summed E-state index contributed by atoms with van der Waals surface area (Å²) in [6.45, 7) is 2.24. The minimum atomic E-state index is -3.79. The van der Waals surface area contributed by atoms with Crippen molar-refractivity contribution in [2.75, 3.05) is 13.1 Å². The number of halogens is 1. The Morgan fingerprint density at radius 2 is 1.61 bits per heavy atom. The lowest BCUT2D eigenvalue weighted by Gasteiger charge is -2.20. The van der Waals surface area contributed by atoms with Crippen molar-refractivity contribution in [3.05, 3.63) is 65.5 Å². The summed E-state index contributed by atoms with van der Waals surface area (Å²) in [5.41, 5.74) is 1.36. The Morgan fingerprint density at radius 3 is 2.14 bits per heavy atom. The van der Waals surface area contributed by atoms with Crippen LogP contribution in [0.15, 0.2) is 53.4 Å². The maximum absolute atomic E-state index is 12.9. The molecule has 0 aromatic heterocycles. The average molecular weight is 407 g/mol. The minimum absolute atomic E-state index is 0.0313. The van der Waals surface area contributed by atoms with E-state index in [1.54, 1.807) is 19.1 Å². The molecule has 0 atom stereocenters. The third-order valence-electron chi connectivity index (χ3n) is 4.08. The first kappa shape index (κ1) is 21.5. The van der Waals surface area contributed by atoms with Crippen molar-refractivity contribution in [2.45, 2.75) is 24.8 Å². The molecule has 2 aromatic carbocycles. The Morgan fingerprint density at radius 1 is 1.04 bits per heavy atom. The van der Waals surface area contributed by atoms with Crippen LogP contribution in [-0.4, -0.2) is 38.2 Å². The summed E-state index contributed by atoms with van der Waals surface area (Å²) < 4.78 is 35.4. The van der Waals surface area contributed by atoms with E-state index in [2.05, 4.69) is 5.32 Å². The first-order valence-corrected chi connectivity index (χ1v) is 10.1. The van der Waals surface area contributed by atoms with Gasteiger partial charge in [0.15, 0.2) is 0 Å². The van der Waals surface area contributed by atoms with Gasteiger partial charge >= 0.3 is 0 Å². The van der Waals surface area contributed by atoms with Gasteiger partial charge in [0.05, 0.1) is 17.9 Å². The quantitative estimate of drug-likeness (QED) is 0.685. The lowest BCUT2D eigenvalue weighted by atomic mass is 10.1. The average Bonchev–Trinajstić information content (AvgIpc) is 2.65. The lowest BCUT2D eigenvalue weighted by Crippen LogP contribution is -2.41. The van der Waals surface area contributed by atoms with Gasteiger partial charge in [0.1, 0.15) is 5.82 Å². The number of nitrogens with two attached hydrogens (primary N) is 1. The fourth-order valence-corrected chi connectivity index (χ4v) is 3.01. The molecule has 0 heterocycles. The molecule has 2 rings (SSSR count). The highest BCUT2D eigenvalue weighted by molar-refractivity contribution is 7.89. The van der Waals surface area contributed by atoms with Gasteiger partial charge in [-0.2, -0.15) is 0 Å². The molecule has 9 heteroatoms. The van der Waals surface area contributed by atoms with Crippen molar-refractivity contribution in [3.8, 4) is 0 Å². The maximum atomic E-state index is 12.9. The van der Waals surface area contributed by atoms with Crippen molar-refractivity contribution in [1.82, 2.24) is 10.2 Å². The van der Waals surface area contributed by atoms with Crippen LogP contribution in [0.25, 0.3) is 0 Å². The molecule has 0 bridgehead atoms. The van der Waals surface area contributed by atoms with Gasteiger partial charge in [0.25, 0.3) is 0 Å². The molecule has 0 unspecified atom stereocenters. The second-order valence-electron chi connectivity index (χ2n) is 6.18. The van der Waals surface area contributed by atoms with Gasteiger partial charge in [-0.3, -0.25) is 9.59 Å². The van der Waals surface area contributed by atoms with Gasteiger partial charge in [-0.25, -0.2) is 17.9 Å². The predicted molar refractivity (Wildman–Crippen MR) is 102 cm³/mol. The highest BCUT2D eigenvalue weighted by Crippen LogP contribution is 2.10. The third-order valence-corrected chi connectivity index (χ3v) is 5.01. The molecule has 0 saturated heterocycles. The van der Waals surface area contributed by atoms with E-state index < -0.39 is 10.0 Å². The molecular weight excluding hydrogens is 385 g/mol. The first-order chi connectivity index (χ1) is 13.2. The van der Waals surface area contributed by atoms with E-state index in [0.29, 0.717) is 12.1 Å². The molecule has 0 fully saturated rings. The summed E-state index contributed by atoms with van der Waals surface area (Å²) in [4.78, 5) is 25.9. The number of amides is 2. The zero-order valence-electron chi connectivity index (χ0n) is 15.4. The zero-order valence-corrected chi connectivity index (χ0v) is 16.2. The van der Waals surface area contributed by atoms with Crippen LogP contribution in [0.1, 0.15) is 18.1 Å². The van der Waals surface area contributed by atoms with Crippen LogP contribution in [-0.2, 0) is 32.6 Å². The van der Waals surface area contributed by atoms with Crippen LogP contribution in [0.5, 0.6) is 0 Å². The molecule has 150 valence electrons. The number of benzene rings is 2. The monoisotopic (exact) mass is 407 g/mol. The highest BCUT2D eigenvalue weighted by Gasteiger charge is 2.16. The summed E-state index contributed by atoms with van der Waals surface area (Å²) in [5, 5.41) is 7.73. The van der Waals surface area contributed by atoms with Gasteiger partial charge in [0, 0.05) is 13.1 Å². The Balaban J connectivity index is 1.89. The van der Waals surface area contributed by atoms with Gasteiger partial charge in [-0.1, -0.05) is 24.3 Å². The van der Waals surface area contributed by atoms with Crippen LogP contribution >= 0.6 is 0 Å². The van der Waals surface area contributed by atoms with Crippen molar-refractivity contribution in [3.63, 3.8) is 0 Å². The van der Waals surface area contributed by atoms with Crippen molar-refractivity contribution in [2.24, 2.45) is 5.14 Å². The second kappa shape index (κ2) is 9.43. The SMILES string of the molecule is CCN(CC(=O)NCc1ccc(F)cc1)C(=O)Cc1ccc(S(N)(=O)=O)cc1. The number of nitrogens with zero attached hydrogens (tertiary/aromatic N) is 1. The van der Waals surface area contributed by atoms with Crippen molar-refractivity contribution >= 4 is 21.8 Å². The number of hydrogen-bond acceptors (Lipinski definition) is 4. The van der Waals surface area contributed by atoms with Crippen LogP contribution in [0.4, 0.5) is 4.39 Å². The fraction of sp³-hybridized carbons (Fsp3) is 0.263. The summed E-state index contributed by atoms with van der Waals surface area (Å²) in [7, 11) is -3.79. The summed E-state index contributed by atoms with van der Waals surface area (Å²) >= 11 is 0. The van der Waals surface area contributed by atoms with E-state index in [4.69, 9.17) is 5.14 Å². The van der Waals surface area contributed by atoms with E-state index >= 15 is 0 Å². The van der Waals surface area contributed by atoms with Gasteiger partial charge in [0.2, 0.25) is 21.8 Å². The van der Waals surface area contributed by atoms with Gasteiger partial charge in [-0.05, 0) is 42.3 Å². The first-order valence-electron chi connectivity index (χ1n) is 8.59. The number of carbonyl (C=O) groups is 2. The van der Waals surface area contributed by atoms with Crippen molar-refractivity contribution < 1.29 is 22.4 Å². The predicted octanol–water partition coefficient (Wildman–Crippen LogP) is 1.18. The number of sulfonamides is 1. The van der Waals surface area contributed by atoms with Crippen molar-refractivity contribution in [1.29, 1.82) is 0 Å². The fourth-order valence-electron chi connectivity index (χ4n) is 2.49. The van der Waals surface area contributed by atoms with Crippen LogP contribution in [0.2, 0.25) is 0 Å². The zero-order chi connectivity index (χ0) is 20.7. The highest BCUT2D eigenvalue weighted by atomic mass is 32.2.